The van der Waals surface area contributed by atoms with Gasteiger partial charge in [0.25, 0.3) is 5.91 Å². The van der Waals surface area contributed by atoms with E-state index in [1.807, 2.05) is 24.3 Å². The Morgan fingerprint density at radius 2 is 1.69 bits per heavy atom. The van der Waals surface area contributed by atoms with Crippen molar-refractivity contribution < 1.29 is 29.0 Å². The predicted molar refractivity (Wildman–Crippen MR) is 126 cm³/mol. The second-order valence-electron chi connectivity index (χ2n) is 10.3. The van der Waals surface area contributed by atoms with Gasteiger partial charge in [-0.1, -0.05) is 48.5 Å². The predicted octanol–water partition coefficient (Wildman–Crippen LogP) is 3.01. The number of fused-ring (bicyclic) bond motifs is 3. The average molecular weight is 477 g/mol. The maximum Gasteiger partial charge on any atom is 0.408 e. The molecule has 4 aliphatic rings. The van der Waals surface area contributed by atoms with Crippen LogP contribution in [0.1, 0.15) is 36.3 Å². The first-order valence-electron chi connectivity index (χ1n) is 12.2. The lowest BCUT2D eigenvalue weighted by molar-refractivity contribution is -0.143. The maximum atomic E-state index is 13.6. The molecule has 0 aromatic heterocycles. The van der Waals surface area contributed by atoms with Gasteiger partial charge in [-0.15, -0.1) is 0 Å². The minimum absolute atomic E-state index is 0.0528. The van der Waals surface area contributed by atoms with Crippen molar-refractivity contribution in [1.29, 1.82) is 0 Å². The third-order valence-corrected chi connectivity index (χ3v) is 8.24. The highest BCUT2D eigenvalue weighted by molar-refractivity contribution is 5.91. The lowest BCUT2D eigenvalue weighted by Gasteiger charge is -2.31. The van der Waals surface area contributed by atoms with Crippen LogP contribution in [0.5, 0.6) is 0 Å². The number of aliphatic carboxylic acids is 1. The van der Waals surface area contributed by atoms with E-state index in [-0.39, 0.29) is 37.0 Å². The topological polar surface area (TPSA) is 105 Å². The van der Waals surface area contributed by atoms with E-state index in [1.165, 1.54) is 0 Å². The van der Waals surface area contributed by atoms with Crippen LogP contribution in [-0.4, -0.2) is 66.4 Å². The number of likely N-dealkylation sites (tertiary alicyclic amines) is 1. The van der Waals surface area contributed by atoms with Crippen molar-refractivity contribution in [2.45, 2.75) is 30.7 Å². The highest BCUT2D eigenvalue weighted by atomic mass is 16.6. The smallest absolute Gasteiger partial charge is 0.408 e. The molecule has 2 atom stereocenters. The van der Waals surface area contributed by atoms with Crippen molar-refractivity contribution >= 4 is 18.0 Å². The van der Waals surface area contributed by atoms with Gasteiger partial charge in [0.2, 0.25) is 0 Å². The van der Waals surface area contributed by atoms with Crippen LogP contribution in [0.4, 0.5) is 4.79 Å². The Hall–Kier alpha value is -3.39. The zero-order valence-corrected chi connectivity index (χ0v) is 19.4. The van der Waals surface area contributed by atoms with Gasteiger partial charge in [0.1, 0.15) is 12.1 Å². The second kappa shape index (κ2) is 8.09. The fourth-order valence-corrected chi connectivity index (χ4v) is 6.15. The largest absolute Gasteiger partial charge is 0.481 e. The summed E-state index contributed by atoms with van der Waals surface area (Å²) < 4.78 is 11.2. The van der Waals surface area contributed by atoms with E-state index in [2.05, 4.69) is 29.6 Å². The number of rotatable bonds is 5. The van der Waals surface area contributed by atoms with Crippen LogP contribution in [0.15, 0.2) is 48.5 Å². The number of nitrogens with one attached hydrogen (secondary N) is 1. The summed E-state index contributed by atoms with van der Waals surface area (Å²) in [6.07, 6.45) is 1.30. The summed E-state index contributed by atoms with van der Waals surface area (Å²) in [6.45, 7) is 1.13. The molecule has 2 heterocycles. The summed E-state index contributed by atoms with van der Waals surface area (Å²) in [5.41, 5.74) is 2.97. The molecule has 2 aromatic carbocycles. The van der Waals surface area contributed by atoms with Crippen molar-refractivity contribution in [2.24, 2.45) is 11.3 Å². The van der Waals surface area contributed by atoms with Gasteiger partial charge < -0.3 is 24.8 Å². The fourth-order valence-electron chi connectivity index (χ4n) is 6.15. The summed E-state index contributed by atoms with van der Waals surface area (Å²) in [7, 11) is 0. The number of alkyl carbamates (subject to hydrolysis) is 1. The van der Waals surface area contributed by atoms with E-state index < -0.39 is 23.5 Å². The summed E-state index contributed by atoms with van der Waals surface area (Å²) in [5, 5.41) is 12.4. The maximum absolute atomic E-state index is 13.6. The van der Waals surface area contributed by atoms with Crippen LogP contribution in [0.3, 0.4) is 0 Å². The average Bonchev–Trinajstić information content (AvgIpc) is 3.19. The number of carboxylic acid groups (broad SMARTS) is 1. The van der Waals surface area contributed by atoms with E-state index in [4.69, 9.17) is 9.47 Å². The minimum Gasteiger partial charge on any atom is -0.481 e. The molecule has 1 saturated carbocycles. The normalized spacial score (nSPS) is 25.8. The van der Waals surface area contributed by atoms with Gasteiger partial charge in [0.15, 0.2) is 0 Å². The fraction of sp³-hybridized carbons (Fsp3) is 0.444. The Bertz CT molecular complexity index is 1150. The molecule has 35 heavy (non-hydrogen) atoms. The molecule has 2 aliphatic carbocycles. The molecule has 2 aliphatic heterocycles. The van der Waals surface area contributed by atoms with Crippen molar-refractivity contribution in [3.8, 4) is 11.1 Å². The standard InChI is InChI=1S/C27H28N2O6/c30-23(31)22-13-29(15-26(22)9-10-26)24(32)27(11-12-34-16-27)28-25(33)35-14-21-19-7-3-1-5-17(19)18-6-2-4-8-20(18)21/h1-8,21-22H,9-16H2,(H,28,33)(H,30,31). The van der Waals surface area contributed by atoms with E-state index in [9.17, 15) is 19.5 Å². The zero-order valence-electron chi connectivity index (χ0n) is 19.4. The van der Waals surface area contributed by atoms with Gasteiger partial charge >= 0.3 is 12.1 Å². The number of hydrogen-bond donors (Lipinski definition) is 2. The van der Waals surface area contributed by atoms with E-state index in [1.54, 1.807) is 4.90 Å². The van der Waals surface area contributed by atoms with Crippen molar-refractivity contribution in [1.82, 2.24) is 10.2 Å². The molecular weight excluding hydrogens is 448 g/mol. The van der Waals surface area contributed by atoms with Gasteiger partial charge in [-0.2, -0.15) is 0 Å². The summed E-state index contributed by atoms with van der Waals surface area (Å²) in [4.78, 5) is 39.9. The molecule has 182 valence electrons. The number of carboxylic acids is 1. The first-order chi connectivity index (χ1) is 16.9. The number of benzene rings is 2. The number of amides is 2. The molecule has 3 fully saturated rings. The van der Waals surface area contributed by atoms with Gasteiger partial charge in [0, 0.05) is 37.5 Å². The molecule has 1 spiro atoms. The van der Waals surface area contributed by atoms with E-state index >= 15 is 0 Å². The van der Waals surface area contributed by atoms with Gasteiger partial charge in [-0.05, 0) is 35.1 Å². The van der Waals surface area contributed by atoms with E-state index in [0.717, 1.165) is 35.1 Å². The van der Waals surface area contributed by atoms with Crippen LogP contribution in [0.25, 0.3) is 11.1 Å². The number of hydrogen-bond acceptors (Lipinski definition) is 5. The molecular formula is C27H28N2O6. The Labute approximate surface area is 203 Å². The molecule has 0 bridgehead atoms. The van der Waals surface area contributed by atoms with Crippen molar-refractivity contribution in [2.75, 3.05) is 32.9 Å². The summed E-state index contributed by atoms with van der Waals surface area (Å²) >= 11 is 0. The highest BCUT2D eigenvalue weighted by Gasteiger charge is 2.61. The third kappa shape index (κ3) is 3.58. The van der Waals surface area contributed by atoms with Crippen LogP contribution in [0.2, 0.25) is 0 Å². The first-order valence-corrected chi connectivity index (χ1v) is 12.2. The van der Waals surface area contributed by atoms with Crippen LogP contribution in [0, 0.1) is 11.3 Å². The molecule has 2 saturated heterocycles. The van der Waals surface area contributed by atoms with Crippen molar-refractivity contribution in [3.05, 3.63) is 59.7 Å². The second-order valence-corrected chi connectivity index (χ2v) is 10.3. The Morgan fingerprint density at radius 1 is 1.03 bits per heavy atom. The Morgan fingerprint density at radius 3 is 2.23 bits per heavy atom. The first kappa shape index (κ1) is 22.1. The molecule has 2 N–H and O–H groups in total. The Kier molecular flexibility index (Phi) is 5.11. The van der Waals surface area contributed by atoms with Crippen LogP contribution in [-0.2, 0) is 19.1 Å². The third-order valence-electron chi connectivity index (χ3n) is 8.24. The molecule has 6 rings (SSSR count). The molecule has 2 aromatic rings. The molecule has 2 amide bonds. The van der Waals surface area contributed by atoms with E-state index in [0.29, 0.717) is 19.6 Å². The van der Waals surface area contributed by atoms with Crippen LogP contribution < -0.4 is 5.32 Å². The monoisotopic (exact) mass is 476 g/mol. The summed E-state index contributed by atoms with van der Waals surface area (Å²) in [6, 6.07) is 16.2. The highest BCUT2D eigenvalue weighted by Crippen LogP contribution is 2.56. The van der Waals surface area contributed by atoms with Gasteiger partial charge in [-0.25, -0.2) is 4.79 Å². The van der Waals surface area contributed by atoms with Crippen molar-refractivity contribution in [3.63, 3.8) is 0 Å². The molecule has 8 nitrogen and oxygen atoms in total. The molecule has 0 radical (unpaired) electrons. The number of carbonyl (C=O) groups is 3. The summed E-state index contributed by atoms with van der Waals surface area (Å²) in [5.74, 6) is -1.78. The quantitative estimate of drug-likeness (QED) is 0.688. The minimum atomic E-state index is -1.23. The zero-order chi connectivity index (χ0) is 24.2. The SMILES string of the molecule is O=C(NC1(C(=O)N2CC(C(=O)O)C3(CC3)C2)CCOC1)OCC1c2ccccc2-c2ccccc21. The number of carbonyl (C=O) groups excluding carboxylic acids is 2. The Balaban J connectivity index is 1.16. The molecule has 2 unspecified atom stereocenters. The molecule has 8 heteroatoms. The number of ether oxygens (including phenoxy) is 2. The van der Waals surface area contributed by atoms with Gasteiger partial charge in [0.05, 0.1) is 12.5 Å². The van der Waals surface area contributed by atoms with Crippen LogP contribution >= 0.6 is 0 Å². The van der Waals surface area contributed by atoms with Gasteiger partial charge in [-0.3, -0.25) is 9.59 Å². The number of nitrogens with zero attached hydrogens (tertiary/aromatic N) is 1. The lowest BCUT2D eigenvalue weighted by Crippen LogP contribution is -2.60. The lowest BCUT2D eigenvalue weighted by atomic mass is 9.93.